The average molecular weight is 283 g/mol. The zero-order valence-corrected chi connectivity index (χ0v) is 12.1. The van der Waals surface area contributed by atoms with E-state index in [0.717, 1.165) is 15.8 Å². The number of aromatic nitrogens is 3. The molecule has 4 heteroatoms. The van der Waals surface area contributed by atoms with E-state index < -0.39 is 0 Å². The number of hydrogen-bond donors (Lipinski definition) is 1. The van der Waals surface area contributed by atoms with E-state index in [0.29, 0.717) is 6.04 Å². The molecular formula is C16H17N3S. The van der Waals surface area contributed by atoms with Gasteiger partial charge in [0.05, 0.1) is 22.7 Å². The van der Waals surface area contributed by atoms with Crippen molar-refractivity contribution in [2.75, 3.05) is 0 Å². The molecule has 1 aliphatic carbocycles. The lowest BCUT2D eigenvalue weighted by Gasteiger charge is -2.24. The van der Waals surface area contributed by atoms with Crippen molar-refractivity contribution < 1.29 is 0 Å². The van der Waals surface area contributed by atoms with Crippen molar-refractivity contribution in [1.29, 1.82) is 0 Å². The van der Waals surface area contributed by atoms with Crippen molar-refractivity contribution in [3.63, 3.8) is 0 Å². The predicted molar refractivity (Wildman–Crippen MR) is 84.5 cm³/mol. The topological polar surface area (TPSA) is 33.6 Å². The summed E-state index contributed by atoms with van der Waals surface area (Å²) < 4.78 is 3.18. The molecule has 20 heavy (non-hydrogen) atoms. The Morgan fingerprint density at radius 2 is 1.95 bits per heavy atom. The van der Waals surface area contributed by atoms with Gasteiger partial charge in [-0.2, -0.15) is 0 Å². The Balaban J connectivity index is 2.05. The third-order valence-corrected chi connectivity index (χ3v) is 4.69. The van der Waals surface area contributed by atoms with Crippen LogP contribution in [0.1, 0.15) is 38.1 Å². The fourth-order valence-electron chi connectivity index (χ4n) is 3.44. The van der Waals surface area contributed by atoms with Crippen LogP contribution in [0.5, 0.6) is 0 Å². The summed E-state index contributed by atoms with van der Waals surface area (Å²) in [5.74, 6) is 0. The maximum Gasteiger partial charge on any atom is 0.178 e. The summed E-state index contributed by atoms with van der Waals surface area (Å²) in [6, 6.07) is 8.86. The zero-order valence-electron chi connectivity index (χ0n) is 11.3. The number of hydrogen-bond acceptors (Lipinski definition) is 2. The van der Waals surface area contributed by atoms with E-state index >= 15 is 0 Å². The van der Waals surface area contributed by atoms with E-state index in [1.54, 1.807) is 0 Å². The van der Waals surface area contributed by atoms with Gasteiger partial charge in [-0.25, -0.2) is 0 Å². The van der Waals surface area contributed by atoms with Crippen LogP contribution >= 0.6 is 12.2 Å². The van der Waals surface area contributed by atoms with E-state index in [4.69, 9.17) is 12.2 Å². The fourth-order valence-corrected chi connectivity index (χ4v) is 3.79. The summed E-state index contributed by atoms with van der Waals surface area (Å²) in [6.07, 6.45) is 8.35. The number of para-hydroxylation sites is 1. The Hall–Kier alpha value is -1.68. The first-order valence-corrected chi connectivity index (χ1v) is 7.73. The molecule has 0 amide bonds. The van der Waals surface area contributed by atoms with Gasteiger partial charge in [0, 0.05) is 11.4 Å². The summed E-state index contributed by atoms with van der Waals surface area (Å²) in [7, 11) is 0. The molecule has 0 spiro atoms. The van der Waals surface area contributed by atoms with E-state index in [1.165, 1.54) is 43.0 Å². The quantitative estimate of drug-likeness (QED) is 0.654. The summed E-state index contributed by atoms with van der Waals surface area (Å²) in [4.78, 5) is 7.85. The molecule has 1 N–H and O–H groups in total. The first kappa shape index (κ1) is 12.1. The third kappa shape index (κ3) is 1.79. The van der Waals surface area contributed by atoms with Crippen molar-refractivity contribution in [1.82, 2.24) is 14.5 Å². The molecule has 1 aliphatic rings. The number of imidazole rings is 1. The fraction of sp³-hybridized carbons (Fsp3) is 0.375. The molecule has 1 aromatic carbocycles. The standard InChI is InChI=1S/C16H17N3S/c20-16-18-14-10-17-13-9-5-4-8-12(13)15(14)19(16)11-6-2-1-3-7-11/h4-5,8-11H,1-3,6-7H2,(H,18,20). The van der Waals surface area contributed by atoms with Crippen molar-refractivity contribution in [3.05, 3.63) is 35.2 Å². The summed E-state index contributed by atoms with van der Waals surface area (Å²) >= 11 is 5.58. The highest BCUT2D eigenvalue weighted by Crippen LogP contribution is 2.33. The molecular weight excluding hydrogens is 266 g/mol. The zero-order chi connectivity index (χ0) is 13.5. The highest BCUT2D eigenvalue weighted by atomic mass is 32.1. The largest absolute Gasteiger partial charge is 0.329 e. The van der Waals surface area contributed by atoms with Crippen LogP contribution in [0, 0.1) is 4.77 Å². The number of rotatable bonds is 1. The van der Waals surface area contributed by atoms with E-state index in [-0.39, 0.29) is 0 Å². The molecule has 4 rings (SSSR count). The van der Waals surface area contributed by atoms with Crippen LogP contribution in [0.25, 0.3) is 21.9 Å². The molecule has 2 aromatic heterocycles. The van der Waals surface area contributed by atoms with Crippen LogP contribution < -0.4 is 0 Å². The van der Waals surface area contributed by atoms with Gasteiger partial charge in [-0.3, -0.25) is 4.98 Å². The Morgan fingerprint density at radius 3 is 2.80 bits per heavy atom. The lowest BCUT2D eigenvalue weighted by atomic mass is 9.95. The van der Waals surface area contributed by atoms with E-state index in [1.807, 2.05) is 12.3 Å². The molecule has 0 radical (unpaired) electrons. The van der Waals surface area contributed by atoms with Crippen LogP contribution in [-0.4, -0.2) is 14.5 Å². The molecule has 0 aliphatic heterocycles. The van der Waals surface area contributed by atoms with Crippen LogP contribution in [0.15, 0.2) is 30.5 Å². The van der Waals surface area contributed by atoms with E-state index in [2.05, 4.69) is 32.7 Å². The van der Waals surface area contributed by atoms with Gasteiger partial charge >= 0.3 is 0 Å². The molecule has 0 atom stereocenters. The Morgan fingerprint density at radius 1 is 1.15 bits per heavy atom. The molecule has 3 aromatic rings. The monoisotopic (exact) mass is 283 g/mol. The van der Waals surface area contributed by atoms with Crippen LogP contribution in [0.4, 0.5) is 0 Å². The maximum absolute atomic E-state index is 5.58. The van der Waals surface area contributed by atoms with Crippen molar-refractivity contribution in [2.45, 2.75) is 38.1 Å². The number of nitrogens with one attached hydrogen (secondary N) is 1. The molecule has 102 valence electrons. The summed E-state index contributed by atoms with van der Waals surface area (Å²) in [6.45, 7) is 0. The molecule has 1 saturated carbocycles. The third-order valence-electron chi connectivity index (χ3n) is 4.39. The predicted octanol–water partition coefficient (Wildman–Crippen LogP) is 4.75. The van der Waals surface area contributed by atoms with Crippen molar-refractivity contribution >= 4 is 34.2 Å². The minimum absolute atomic E-state index is 0.538. The Kier molecular flexibility index (Phi) is 2.84. The lowest BCUT2D eigenvalue weighted by Crippen LogP contribution is -2.12. The average Bonchev–Trinajstić information content (AvgIpc) is 2.84. The van der Waals surface area contributed by atoms with Crippen molar-refractivity contribution in [3.8, 4) is 0 Å². The number of fused-ring (bicyclic) bond motifs is 3. The maximum atomic E-state index is 5.58. The summed E-state index contributed by atoms with van der Waals surface area (Å²) in [5, 5.41) is 1.20. The minimum atomic E-state index is 0.538. The Bertz CT molecular complexity index is 824. The second-order valence-corrected chi connectivity index (χ2v) is 6.02. The first-order valence-electron chi connectivity index (χ1n) is 7.32. The molecule has 0 unspecified atom stereocenters. The SMILES string of the molecule is S=c1[nH]c2cnc3ccccc3c2n1C1CCCCC1. The Labute approximate surface area is 122 Å². The second-order valence-electron chi connectivity index (χ2n) is 5.63. The van der Waals surface area contributed by atoms with Gasteiger partial charge in [0.1, 0.15) is 0 Å². The highest BCUT2D eigenvalue weighted by molar-refractivity contribution is 7.71. The van der Waals surface area contributed by atoms with Crippen LogP contribution in [-0.2, 0) is 0 Å². The molecule has 3 nitrogen and oxygen atoms in total. The smallest absolute Gasteiger partial charge is 0.178 e. The number of pyridine rings is 1. The first-order chi connectivity index (χ1) is 9.84. The van der Waals surface area contributed by atoms with Gasteiger partial charge in [0.25, 0.3) is 0 Å². The lowest BCUT2D eigenvalue weighted by molar-refractivity contribution is 0.357. The van der Waals surface area contributed by atoms with Crippen LogP contribution in [0.2, 0.25) is 0 Å². The molecule has 2 heterocycles. The van der Waals surface area contributed by atoms with Gasteiger partial charge in [-0.15, -0.1) is 0 Å². The van der Waals surface area contributed by atoms with Gasteiger partial charge in [-0.1, -0.05) is 37.5 Å². The molecule has 0 saturated heterocycles. The number of benzene rings is 1. The van der Waals surface area contributed by atoms with Crippen LogP contribution in [0.3, 0.4) is 0 Å². The van der Waals surface area contributed by atoms with Gasteiger partial charge in [0.2, 0.25) is 0 Å². The van der Waals surface area contributed by atoms with Gasteiger partial charge < -0.3 is 9.55 Å². The molecule has 0 bridgehead atoms. The normalized spacial score (nSPS) is 17.0. The number of aromatic amines is 1. The summed E-state index contributed by atoms with van der Waals surface area (Å²) in [5.41, 5.74) is 3.32. The number of nitrogens with zero attached hydrogens (tertiary/aromatic N) is 2. The van der Waals surface area contributed by atoms with Crippen molar-refractivity contribution in [2.24, 2.45) is 0 Å². The van der Waals surface area contributed by atoms with Gasteiger partial charge in [-0.05, 0) is 31.1 Å². The highest BCUT2D eigenvalue weighted by Gasteiger charge is 2.19. The molecule has 1 fully saturated rings. The number of H-pyrrole nitrogens is 1. The second kappa shape index (κ2) is 4.70. The van der Waals surface area contributed by atoms with Gasteiger partial charge in [0.15, 0.2) is 4.77 Å². The van der Waals surface area contributed by atoms with E-state index in [9.17, 15) is 0 Å². The minimum Gasteiger partial charge on any atom is -0.329 e.